The van der Waals surface area contributed by atoms with E-state index >= 15 is 0 Å². The number of aromatic hydroxyl groups is 1. The Morgan fingerprint density at radius 2 is 2.00 bits per heavy atom. The molecule has 0 unspecified atom stereocenters. The first kappa shape index (κ1) is 16.6. The summed E-state index contributed by atoms with van der Waals surface area (Å²) in [5.74, 6) is 1.67. The summed E-state index contributed by atoms with van der Waals surface area (Å²) in [6, 6.07) is 4.00. The van der Waals surface area contributed by atoms with Crippen molar-refractivity contribution in [2.75, 3.05) is 33.3 Å². The zero-order chi connectivity index (χ0) is 15.4. The molecule has 1 aromatic rings. The van der Waals surface area contributed by atoms with Crippen LogP contribution < -0.4 is 10.1 Å². The van der Waals surface area contributed by atoms with E-state index in [1.807, 2.05) is 12.1 Å². The lowest BCUT2D eigenvalue weighted by Gasteiger charge is -2.36. The highest BCUT2D eigenvalue weighted by atomic mass is 79.9. The number of hydrogen-bond acceptors (Lipinski definition) is 4. The Morgan fingerprint density at radius 3 is 2.57 bits per heavy atom. The summed E-state index contributed by atoms with van der Waals surface area (Å²) >= 11 is 3.44. The maximum absolute atomic E-state index is 10.5. The molecule has 118 valence electrons. The molecule has 1 fully saturated rings. The lowest BCUT2D eigenvalue weighted by atomic mass is 9.94. The molecule has 5 heteroatoms. The smallest absolute Gasteiger partial charge is 0.134 e. The summed E-state index contributed by atoms with van der Waals surface area (Å²) in [6.07, 6.45) is 1.02. The zero-order valence-electron chi connectivity index (χ0n) is 13.0. The van der Waals surface area contributed by atoms with Crippen LogP contribution in [0, 0.1) is 5.92 Å². The number of methoxy groups -OCH3 is 1. The fraction of sp³-hybridized carbons (Fsp3) is 0.625. The number of phenolic OH excluding ortho intramolecular Hbond substituents is 1. The van der Waals surface area contributed by atoms with E-state index < -0.39 is 0 Å². The molecule has 1 saturated heterocycles. The lowest BCUT2D eigenvalue weighted by molar-refractivity contribution is 0.151. The molecule has 0 aromatic heterocycles. The highest BCUT2D eigenvalue weighted by Gasteiger charge is 2.26. The molecule has 0 saturated carbocycles. The van der Waals surface area contributed by atoms with Gasteiger partial charge in [0.25, 0.3) is 0 Å². The van der Waals surface area contributed by atoms with Gasteiger partial charge < -0.3 is 15.2 Å². The Hall–Kier alpha value is -0.780. The van der Waals surface area contributed by atoms with Gasteiger partial charge in [-0.15, -0.1) is 0 Å². The van der Waals surface area contributed by atoms with Gasteiger partial charge in [-0.2, -0.15) is 0 Å². The van der Waals surface area contributed by atoms with Gasteiger partial charge in [-0.3, -0.25) is 4.90 Å². The van der Waals surface area contributed by atoms with E-state index in [0.717, 1.165) is 43.9 Å². The molecular formula is C16H25BrN2O2. The van der Waals surface area contributed by atoms with Gasteiger partial charge in [0.2, 0.25) is 0 Å². The normalized spacial score (nSPS) is 18.0. The number of rotatable bonds is 5. The van der Waals surface area contributed by atoms with Crippen molar-refractivity contribution in [1.29, 1.82) is 0 Å². The highest BCUT2D eigenvalue weighted by molar-refractivity contribution is 9.10. The van der Waals surface area contributed by atoms with Crippen molar-refractivity contribution >= 4 is 15.9 Å². The molecule has 1 aliphatic rings. The van der Waals surface area contributed by atoms with Crippen molar-refractivity contribution in [3.63, 3.8) is 0 Å². The van der Waals surface area contributed by atoms with Crippen molar-refractivity contribution in [3.05, 3.63) is 22.2 Å². The number of nitrogens with one attached hydrogen (secondary N) is 1. The second kappa shape index (κ2) is 7.47. The molecular weight excluding hydrogens is 332 g/mol. The maximum atomic E-state index is 10.5. The number of nitrogens with zero attached hydrogens (tertiary/aromatic N) is 1. The Bertz CT molecular complexity index is 474. The number of benzene rings is 1. The van der Waals surface area contributed by atoms with Crippen LogP contribution >= 0.6 is 15.9 Å². The van der Waals surface area contributed by atoms with Gasteiger partial charge in [0.1, 0.15) is 11.5 Å². The zero-order valence-corrected chi connectivity index (χ0v) is 14.6. The van der Waals surface area contributed by atoms with E-state index in [9.17, 15) is 5.11 Å². The summed E-state index contributed by atoms with van der Waals surface area (Å²) in [7, 11) is 1.66. The first-order chi connectivity index (χ1) is 10.0. The Kier molecular flexibility index (Phi) is 5.90. The SMILES string of the molecule is COc1cc(Br)c(O)c([C@H](CC(C)C)N2CCNCC2)c1. The van der Waals surface area contributed by atoms with E-state index in [1.54, 1.807) is 7.11 Å². The average Bonchev–Trinajstić information content (AvgIpc) is 2.48. The predicted octanol–water partition coefficient (Wildman–Crippen LogP) is 3.16. The van der Waals surface area contributed by atoms with Crippen molar-refractivity contribution in [3.8, 4) is 11.5 Å². The summed E-state index contributed by atoms with van der Waals surface area (Å²) < 4.78 is 6.06. The quantitative estimate of drug-likeness (QED) is 0.850. The Morgan fingerprint density at radius 1 is 1.33 bits per heavy atom. The maximum Gasteiger partial charge on any atom is 0.134 e. The second-order valence-corrected chi connectivity index (χ2v) is 6.83. The second-order valence-electron chi connectivity index (χ2n) is 5.98. The van der Waals surface area contributed by atoms with Crippen LogP contribution in [-0.2, 0) is 0 Å². The fourth-order valence-corrected chi connectivity index (χ4v) is 3.33. The van der Waals surface area contributed by atoms with Gasteiger partial charge in [-0.05, 0) is 40.4 Å². The molecule has 0 spiro atoms. The standard InChI is InChI=1S/C16H25BrN2O2/c1-11(2)8-15(19-6-4-18-5-7-19)13-9-12(21-3)10-14(17)16(13)20/h9-11,15,18,20H,4-8H2,1-3H3/t15-/m0/s1. The van der Waals surface area contributed by atoms with Crippen LogP contribution in [0.3, 0.4) is 0 Å². The molecule has 0 bridgehead atoms. The minimum absolute atomic E-state index is 0.221. The largest absolute Gasteiger partial charge is 0.506 e. The van der Waals surface area contributed by atoms with E-state index in [4.69, 9.17) is 4.74 Å². The molecule has 0 amide bonds. The molecule has 0 radical (unpaired) electrons. The van der Waals surface area contributed by atoms with Crippen LogP contribution in [-0.4, -0.2) is 43.3 Å². The van der Waals surface area contributed by atoms with Crippen molar-refractivity contribution in [2.24, 2.45) is 5.92 Å². The van der Waals surface area contributed by atoms with E-state index in [1.165, 1.54) is 0 Å². The molecule has 1 aromatic carbocycles. The van der Waals surface area contributed by atoms with Crippen LogP contribution in [0.4, 0.5) is 0 Å². The Balaban J connectivity index is 2.37. The van der Waals surface area contributed by atoms with Gasteiger partial charge in [0, 0.05) is 37.8 Å². The molecule has 4 nitrogen and oxygen atoms in total. The van der Waals surface area contributed by atoms with Crippen LogP contribution in [0.2, 0.25) is 0 Å². The summed E-state index contributed by atoms with van der Waals surface area (Å²) in [6.45, 7) is 8.46. The van der Waals surface area contributed by atoms with E-state index in [0.29, 0.717) is 16.1 Å². The number of hydrogen-bond donors (Lipinski definition) is 2. The third-order valence-electron chi connectivity index (χ3n) is 3.95. The van der Waals surface area contributed by atoms with E-state index in [2.05, 4.69) is 40.0 Å². The molecule has 2 N–H and O–H groups in total. The predicted molar refractivity (Wildman–Crippen MR) is 89.0 cm³/mol. The lowest BCUT2D eigenvalue weighted by Crippen LogP contribution is -2.45. The average molecular weight is 357 g/mol. The fourth-order valence-electron chi connectivity index (χ4n) is 2.88. The van der Waals surface area contributed by atoms with Crippen LogP contribution in [0.15, 0.2) is 16.6 Å². The molecule has 1 atom stereocenters. The molecule has 1 aliphatic heterocycles. The topological polar surface area (TPSA) is 44.7 Å². The monoisotopic (exact) mass is 356 g/mol. The van der Waals surface area contributed by atoms with Crippen LogP contribution in [0.1, 0.15) is 31.9 Å². The van der Waals surface area contributed by atoms with Gasteiger partial charge in [0.05, 0.1) is 11.6 Å². The Labute approximate surface area is 135 Å². The molecule has 1 heterocycles. The van der Waals surface area contributed by atoms with Gasteiger partial charge >= 0.3 is 0 Å². The minimum Gasteiger partial charge on any atom is -0.506 e. The highest BCUT2D eigenvalue weighted by Crippen LogP contribution is 2.40. The third-order valence-corrected chi connectivity index (χ3v) is 4.55. The van der Waals surface area contributed by atoms with Gasteiger partial charge in [-0.1, -0.05) is 13.8 Å². The molecule has 2 rings (SSSR count). The summed E-state index contributed by atoms with van der Waals surface area (Å²) in [5, 5.41) is 13.9. The third kappa shape index (κ3) is 4.11. The van der Waals surface area contributed by atoms with Crippen molar-refractivity contribution in [2.45, 2.75) is 26.3 Å². The molecule has 0 aliphatic carbocycles. The van der Waals surface area contributed by atoms with E-state index in [-0.39, 0.29) is 6.04 Å². The van der Waals surface area contributed by atoms with Gasteiger partial charge in [-0.25, -0.2) is 0 Å². The molecule has 21 heavy (non-hydrogen) atoms. The minimum atomic E-state index is 0.221. The first-order valence-electron chi connectivity index (χ1n) is 7.54. The summed E-state index contributed by atoms with van der Waals surface area (Å²) in [4.78, 5) is 2.46. The first-order valence-corrected chi connectivity index (χ1v) is 8.33. The van der Waals surface area contributed by atoms with Crippen molar-refractivity contribution < 1.29 is 9.84 Å². The van der Waals surface area contributed by atoms with Crippen LogP contribution in [0.5, 0.6) is 11.5 Å². The summed E-state index contributed by atoms with van der Waals surface area (Å²) in [5.41, 5.74) is 0.955. The number of piperazine rings is 1. The number of phenols is 1. The number of ether oxygens (including phenoxy) is 1. The van der Waals surface area contributed by atoms with Crippen LogP contribution in [0.25, 0.3) is 0 Å². The van der Waals surface area contributed by atoms with Crippen molar-refractivity contribution in [1.82, 2.24) is 10.2 Å². The van der Waals surface area contributed by atoms with Gasteiger partial charge in [0.15, 0.2) is 0 Å². The number of halogens is 1.